The van der Waals surface area contributed by atoms with Crippen molar-refractivity contribution in [1.29, 1.82) is 5.26 Å². The van der Waals surface area contributed by atoms with Gasteiger partial charge >= 0.3 is 0 Å². The van der Waals surface area contributed by atoms with Crippen molar-refractivity contribution < 1.29 is 9.53 Å². The highest BCUT2D eigenvalue weighted by Crippen LogP contribution is 2.34. The van der Waals surface area contributed by atoms with E-state index in [1.54, 1.807) is 18.0 Å². The van der Waals surface area contributed by atoms with Crippen LogP contribution in [0.2, 0.25) is 0 Å². The van der Waals surface area contributed by atoms with Gasteiger partial charge in [0.25, 0.3) is 5.91 Å². The topological polar surface area (TPSA) is 65.7 Å². The second kappa shape index (κ2) is 9.54. The molecule has 0 atom stereocenters. The second-order valence-corrected chi connectivity index (χ2v) is 8.31. The maximum atomic E-state index is 12.8. The van der Waals surface area contributed by atoms with Crippen molar-refractivity contribution in [2.45, 2.75) is 13.5 Å². The lowest BCUT2D eigenvalue weighted by Gasteiger charge is -2.10. The van der Waals surface area contributed by atoms with Gasteiger partial charge in [0.05, 0.1) is 22.2 Å². The molecule has 3 aromatic rings. The van der Waals surface area contributed by atoms with Gasteiger partial charge in [-0.3, -0.25) is 9.69 Å². The van der Waals surface area contributed by atoms with Gasteiger partial charge in [-0.2, -0.15) is 5.26 Å². The van der Waals surface area contributed by atoms with Crippen LogP contribution in [0.4, 0.5) is 5.69 Å². The van der Waals surface area contributed by atoms with Crippen molar-refractivity contribution in [2.75, 3.05) is 7.05 Å². The summed E-state index contributed by atoms with van der Waals surface area (Å²) in [6.07, 6.45) is 1.83. The van der Waals surface area contributed by atoms with Gasteiger partial charge in [0.2, 0.25) is 0 Å². The molecule has 0 aliphatic carbocycles. The quantitative estimate of drug-likeness (QED) is 0.480. The van der Waals surface area contributed by atoms with Crippen molar-refractivity contribution in [3.63, 3.8) is 0 Å². The summed E-state index contributed by atoms with van der Waals surface area (Å²) in [6, 6.07) is 24.9. The average molecular weight is 440 g/mol. The Labute approximate surface area is 191 Å². The molecule has 1 heterocycles. The Hall–Kier alpha value is -3.82. The molecule has 0 spiro atoms. The summed E-state index contributed by atoms with van der Waals surface area (Å²) in [5.74, 6) is 0.540. The number of likely N-dealkylation sites (N-methyl/N-ethyl adjacent to an activating group) is 1. The van der Waals surface area contributed by atoms with E-state index in [0.29, 0.717) is 21.4 Å². The summed E-state index contributed by atoms with van der Waals surface area (Å²) >= 11 is 1.34. The molecule has 0 N–H and O–H groups in total. The molecule has 0 aromatic heterocycles. The average Bonchev–Trinajstić information content (AvgIpc) is 3.08. The van der Waals surface area contributed by atoms with E-state index in [9.17, 15) is 10.1 Å². The third-order valence-corrected chi connectivity index (χ3v) is 6.05. The fourth-order valence-electron chi connectivity index (χ4n) is 3.16. The number of aryl methyl sites for hydroxylation is 1. The van der Waals surface area contributed by atoms with E-state index in [1.807, 2.05) is 79.7 Å². The van der Waals surface area contributed by atoms with Crippen LogP contribution in [0.25, 0.3) is 6.08 Å². The first-order chi connectivity index (χ1) is 15.5. The van der Waals surface area contributed by atoms with Gasteiger partial charge in [0, 0.05) is 18.2 Å². The highest BCUT2D eigenvalue weighted by atomic mass is 32.2. The van der Waals surface area contributed by atoms with Crippen molar-refractivity contribution in [3.8, 4) is 11.8 Å². The van der Waals surface area contributed by atoms with E-state index < -0.39 is 0 Å². The Morgan fingerprint density at radius 3 is 2.56 bits per heavy atom. The van der Waals surface area contributed by atoms with Gasteiger partial charge in [0.15, 0.2) is 5.17 Å². The number of amidine groups is 1. The smallest absolute Gasteiger partial charge is 0.266 e. The molecule has 0 bridgehead atoms. The van der Waals surface area contributed by atoms with Gasteiger partial charge in [-0.15, -0.1) is 0 Å². The van der Waals surface area contributed by atoms with Crippen molar-refractivity contribution in [2.24, 2.45) is 4.99 Å². The molecular formula is C26H21N3O2S. The first kappa shape index (κ1) is 21.4. The number of aliphatic imine (C=N–C) groups is 1. The summed E-state index contributed by atoms with van der Waals surface area (Å²) in [5, 5.41) is 9.92. The van der Waals surface area contributed by atoms with E-state index in [2.05, 4.69) is 11.1 Å². The summed E-state index contributed by atoms with van der Waals surface area (Å²) < 4.78 is 6.01. The van der Waals surface area contributed by atoms with Gasteiger partial charge < -0.3 is 4.74 Å². The van der Waals surface area contributed by atoms with Crippen molar-refractivity contribution in [3.05, 3.63) is 100.0 Å². The Morgan fingerprint density at radius 2 is 1.78 bits per heavy atom. The summed E-state index contributed by atoms with van der Waals surface area (Å²) in [7, 11) is 1.73. The molecule has 1 amide bonds. The minimum Gasteiger partial charge on any atom is -0.488 e. The van der Waals surface area contributed by atoms with E-state index in [1.165, 1.54) is 11.8 Å². The van der Waals surface area contributed by atoms with Crippen LogP contribution in [-0.4, -0.2) is 23.0 Å². The Morgan fingerprint density at radius 1 is 1.06 bits per heavy atom. The summed E-state index contributed by atoms with van der Waals surface area (Å²) in [4.78, 5) is 19.6. The van der Waals surface area contributed by atoms with Crippen LogP contribution in [0.1, 0.15) is 22.3 Å². The monoisotopic (exact) mass is 439 g/mol. The molecule has 1 aliphatic rings. The van der Waals surface area contributed by atoms with E-state index in [4.69, 9.17) is 4.74 Å². The number of nitrogens with zero attached hydrogens (tertiary/aromatic N) is 3. The van der Waals surface area contributed by atoms with Gasteiger partial charge in [-0.05, 0) is 49.0 Å². The van der Waals surface area contributed by atoms with Crippen LogP contribution >= 0.6 is 11.8 Å². The molecule has 3 aromatic carbocycles. The SMILES string of the molecule is Cc1ccc(N=C2SC(=Cc3ccccc3OCc3ccccc3C#N)C(=O)N2C)cc1. The number of carbonyl (C=O) groups excluding carboxylic acids is 1. The van der Waals surface area contributed by atoms with Crippen LogP contribution < -0.4 is 4.74 Å². The van der Waals surface area contributed by atoms with Crippen LogP contribution in [0.15, 0.2) is 82.7 Å². The van der Waals surface area contributed by atoms with Gasteiger partial charge in [-0.1, -0.05) is 54.1 Å². The number of rotatable bonds is 5. The molecule has 1 aliphatic heterocycles. The number of benzene rings is 3. The molecule has 1 fully saturated rings. The molecule has 5 nitrogen and oxygen atoms in total. The number of amides is 1. The predicted molar refractivity (Wildman–Crippen MR) is 129 cm³/mol. The second-order valence-electron chi connectivity index (χ2n) is 7.30. The van der Waals surface area contributed by atoms with Crippen molar-refractivity contribution >= 4 is 34.6 Å². The number of hydrogen-bond donors (Lipinski definition) is 0. The van der Waals surface area contributed by atoms with Gasteiger partial charge in [-0.25, -0.2) is 4.99 Å². The molecule has 0 saturated carbocycles. The van der Waals surface area contributed by atoms with Crippen molar-refractivity contribution in [1.82, 2.24) is 4.90 Å². The summed E-state index contributed by atoms with van der Waals surface area (Å²) in [6.45, 7) is 2.29. The van der Waals surface area contributed by atoms with E-state index in [-0.39, 0.29) is 12.5 Å². The first-order valence-corrected chi connectivity index (χ1v) is 10.9. The zero-order valence-corrected chi connectivity index (χ0v) is 18.6. The molecule has 4 rings (SSSR count). The third-order valence-electron chi connectivity index (χ3n) is 4.99. The highest BCUT2D eigenvalue weighted by molar-refractivity contribution is 8.18. The van der Waals surface area contributed by atoms with E-state index >= 15 is 0 Å². The number of thioether (sulfide) groups is 1. The molecule has 1 saturated heterocycles. The van der Waals surface area contributed by atoms with Crippen LogP contribution in [0.5, 0.6) is 5.75 Å². The number of hydrogen-bond acceptors (Lipinski definition) is 5. The standard InChI is InChI=1S/C26H21N3O2S/c1-18-11-13-22(14-12-18)28-26-29(2)25(30)24(32-26)15-19-7-5-6-10-23(19)31-17-21-9-4-3-8-20(21)16-27/h3-15H,17H2,1-2H3. The Bertz CT molecular complexity index is 1260. The number of ether oxygens (including phenoxy) is 1. The Balaban J connectivity index is 1.57. The maximum absolute atomic E-state index is 12.8. The lowest BCUT2D eigenvalue weighted by atomic mass is 10.1. The first-order valence-electron chi connectivity index (χ1n) is 10.1. The third kappa shape index (κ3) is 4.74. The molecule has 0 unspecified atom stereocenters. The maximum Gasteiger partial charge on any atom is 0.266 e. The lowest BCUT2D eigenvalue weighted by molar-refractivity contribution is -0.121. The van der Waals surface area contributed by atoms with Crippen LogP contribution in [0.3, 0.4) is 0 Å². The van der Waals surface area contributed by atoms with Gasteiger partial charge in [0.1, 0.15) is 12.4 Å². The Kier molecular flexibility index (Phi) is 6.39. The lowest BCUT2D eigenvalue weighted by Crippen LogP contribution is -2.23. The molecule has 6 heteroatoms. The minimum absolute atomic E-state index is 0.106. The zero-order valence-electron chi connectivity index (χ0n) is 17.8. The minimum atomic E-state index is -0.106. The summed E-state index contributed by atoms with van der Waals surface area (Å²) in [5.41, 5.74) is 4.16. The fraction of sp³-hybridized carbons (Fsp3) is 0.115. The fourth-order valence-corrected chi connectivity index (χ4v) is 4.14. The molecular weight excluding hydrogens is 418 g/mol. The van der Waals surface area contributed by atoms with Crippen LogP contribution in [0, 0.1) is 18.3 Å². The zero-order chi connectivity index (χ0) is 22.5. The predicted octanol–water partition coefficient (Wildman–Crippen LogP) is 5.68. The van der Waals surface area contributed by atoms with Crippen LogP contribution in [-0.2, 0) is 11.4 Å². The number of para-hydroxylation sites is 1. The molecule has 158 valence electrons. The number of nitriles is 1. The van der Waals surface area contributed by atoms with E-state index in [0.717, 1.165) is 22.4 Å². The molecule has 0 radical (unpaired) electrons. The largest absolute Gasteiger partial charge is 0.488 e. The molecule has 32 heavy (non-hydrogen) atoms. The number of carbonyl (C=O) groups is 1. The normalized spacial score (nSPS) is 15.9. The highest BCUT2D eigenvalue weighted by Gasteiger charge is 2.30.